The number of nitrogens with zero attached hydrogens (tertiary/aromatic N) is 5. The topological polar surface area (TPSA) is 117 Å². The second-order valence-electron chi connectivity index (χ2n) is 10.4. The Hall–Kier alpha value is -4.40. The summed E-state index contributed by atoms with van der Waals surface area (Å²) in [4.78, 5) is 20.3. The van der Waals surface area contributed by atoms with Crippen molar-refractivity contribution in [1.82, 2.24) is 19.7 Å². The molecule has 0 aliphatic rings. The summed E-state index contributed by atoms with van der Waals surface area (Å²) in [5.74, 6) is -2.15. The SMILES string of the molecule is Cn1cc(-c2cc(-c3ccccc3F)ncc2Oc2cc(F)c(S(=O)(=O)N(C(=O)OC(C)(C)C)c3cscn3)cc2Cl)cn1. The van der Waals surface area contributed by atoms with Gasteiger partial charge in [-0.3, -0.25) is 9.67 Å². The number of hydrogen-bond donors (Lipinski definition) is 0. The third-order valence-electron chi connectivity index (χ3n) is 5.94. The van der Waals surface area contributed by atoms with Crippen LogP contribution >= 0.6 is 22.9 Å². The van der Waals surface area contributed by atoms with Crippen LogP contribution in [-0.2, 0) is 21.8 Å². The molecular formula is C29H24ClF2N5O5S2. The highest BCUT2D eigenvalue weighted by Gasteiger charge is 2.38. The number of benzene rings is 2. The highest BCUT2D eigenvalue weighted by atomic mass is 35.5. The average Bonchev–Trinajstić information content (AvgIpc) is 3.62. The Morgan fingerprint density at radius 1 is 1.02 bits per heavy atom. The monoisotopic (exact) mass is 659 g/mol. The number of pyridine rings is 1. The molecule has 3 aromatic heterocycles. The first-order valence-corrected chi connectivity index (χ1v) is 15.6. The molecule has 0 fully saturated rings. The van der Waals surface area contributed by atoms with Crippen LogP contribution in [0, 0.1) is 11.6 Å². The Balaban J connectivity index is 1.55. The number of aromatic nitrogens is 4. The van der Waals surface area contributed by atoms with Gasteiger partial charge in [0, 0.05) is 41.4 Å². The molecule has 44 heavy (non-hydrogen) atoms. The Morgan fingerprint density at radius 3 is 2.41 bits per heavy atom. The van der Waals surface area contributed by atoms with Crippen molar-refractivity contribution in [3.05, 3.63) is 88.6 Å². The Labute approximate surface area is 260 Å². The number of halogens is 3. The van der Waals surface area contributed by atoms with Gasteiger partial charge in [0.25, 0.3) is 10.0 Å². The molecule has 10 nitrogen and oxygen atoms in total. The van der Waals surface area contributed by atoms with E-state index in [2.05, 4.69) is 15.1 Å². The number of anilines is 1. The second-order valence-corrected chi connectivity index (χ2v) is 13.2. The van der Waals surface area contributed by atoms with Gasteiger partial charge in [0.1, 0.15) is 27.9 Å². The number of thiazole rings is 1. The molecule has 0 aliphatic carbocycles. The van der Waals surface area contributed by atoms with Gasteiger partial charge in [0.15, 0.2) is 11.6 Å². The molecule has 0 N–H and O–H groups in total. The Bertz CT molecular complexity index is 1960. The van der Waals surface area contributed by atoms with Crippen molar-refractivity contribution in [3.8, 4) is 33.9 Å². The molecule has 15 heteroatoms. The Kier molecular flexibility index (Phi) is 8.42. The molecule has 2 aromatic carbocycles. The lowest BCUT2D eigenvalue weighted by molar-refractivity contribution is 0.0608. The fourth-order valence-electron chi connectivity index (χ4n) is 4.05. The van der Waals surface area contributed by atoms with Gasteiger partial charge in [-0.15, -0.1) is 15.6 Å². The molecule has 0 saturated carbocycles. The van der Waals surface area contributed by atoms with Crippen molar-refractivity contribution in [2.24, 2.45) is 7.05 Å². The fourth-order valence-corrected chi connectivity index (χ4v) is 6.25. The first-order chi connectivity index (χ1) is 20.7. The molecule has 1 amide bonds. The normalized spacial score (nSPS) is 11.8. The second kappa shape index (κ2) is 11.9. The zero-order valence-electron chi connectivity index (χ0n) is 23.7. The van der Waals surface area contributed by atoms with Crippen LogP contribution in [0.2, 0.25) is 5.02 Å². The van der Waals surface area contributed by atoms with Crippen molar-refractivity contribution in [1.29, 1.82) is 0 Å². The standard InChI is InChI=1S/C29H24ClF2N5O5S2/c1-29(2,3)42-28(38)37(27-15-43-16-34-27)44(39,40)26-10-20(30)24(11-22(26)32)41-25-13-33-23(18-7-5-6-8-21(18)31)9-19(25)17-12-35-36(4)14-17/h5-16H,1-4H3. The molecular weight excluding hydrogens is 636 g/mol. The predicted molar refractivity (Wildman–Crippen MR) is 161 cm³/mol. The average molecular weight is 660 g/mol. The van der Waals surface area contributed by atoms with Crippen LogP contribution in [-0.4, -0.2) is 39.9 Å². The van der Waals surface area contributed by atoms with Crippen molar-refractivity contribution in [3.63, 3.8) is 0 Å². The summed E-state index contributed by atoms with van der Waals surface area (Å²) in [6.07, 6.45) is 3.28. The van der Waals surface area contributed by atoms with Crippen molar-refractivity contribution >= 4 is 44.9 Å². The lowest BCUT2D eigenvalue weighted by Crippen LogP contribution is -2.41. The lowest BCUT2D eigenvalue weighted by Gasteiger charge is -2.26. The summed E-state index contributed by atoms with van der Waals surface area (Å²) in [5.41, 5.74) is 1.81. The number of amides is 1. The van der Waals surface area contributed by atoms with E-state index in [1.54, 1.807) is 69.2 Å². The van der Waals surface area contributed by atoms with E-state index in [9.17, 15) is 17.6 Å². The van der Waals surface area contributed by atoms with E-state index < -0.39 is 38.2 Å². The van der Waals surface area contributed by atoms with Gasteiger partial charge in [-0.1, -0.05) is 23.7 Å². The molecule has 0 unspecified atom stereocenters. The van der Waals surface area contributed by atoms with Gasteiger partial charge >= 0.3 is 6.09 Å². The number of ether oxygens (including phenoxy) is 2. The summed E-state index contributed by atoms with van der Waals surface area (Å²) >= 11 is 7.46. The van der Waals surface area contributed by atoms with E-state index in [0.717, 1.165) is 23.5 Å². The molecule has 0 atom stereocenters. The first-order valence-electron chi connectivity index (χ1n) is 12.8. The van der Waals surface area contributed by atoms with Crippen LogP contribution in [0.3, 0.4) is 0 Å². The third-order valence-corrected chi connectivity index (χ3v) is 8.50. The number of rotatable bonds is 7. The maximum atomic E-state index is 15.6. The van der Waals surface area contributed by atoms with Gasteiger partial charge in [0.2, 0.25) is 0 Å². The molecule has 5 aromatic rings. The van der Waals surface area contributed by atoms with Gasteiger partial charge in [-0.2, -0.15) is 5.10 Å². The summed E-state index contributed by atoms with van der Waals surface area (Å²) < 4.78 is 70.5. The zero-order valence-corrected chi connectivity index (χ0v) is 26.0. The molecule has 0 spiro atoms. The highest BCUT2D eigenvalue weighted by molar-refractivity contribution is 7.93. The summed E-state index contributed by atoms with van der Waals surface area (Å²) in [7, 11) is -3.19. The number of hydrogen-bond acceptors (Lipinski definition) is 9. The molecule has 228 valence electrons. The number of carbonyl (C=O) groups is 1. The first kappa shape index (κ1) is 31.0. The summed E-state index contributed by atoms with van der Waals surface area (Å²) in [5, 5.41) is 5.19. The van der Waals surface area contributed by atoms with Gasteiger partial charge in [-0.05, 0) is 45.0 Å². The minimum Gasteiger partial charge on any atom is -0.453 e. The minimum atomic E-state index is -4.90. The van der Waals surface area contributed by atoms with E-state index in [-0.39, 0.29) is 32.2 Å². The molecule has 0 saturated heterocycles. The van der Waals surface area contributed by atoms with Crippen LogP contribution in [0.15, 0.2) is 76.8 Å². The molecule has 0 aliphatic heterocycles. The molecule has 3 heterocycles. The van der Waals surface area contributed by atoms with Crippen LogP contribution in [0.4, 0.5) is 19.4 Å². The van der Waals surface area contributed by atoms with Crippen molar-refractivity contribution in [2.45, 2.75) is 31.3 Å². The largest absolute Gasteiger partial charge is 0.453 e. The fraction of sp³-hybridized carbons (Fsp3) is 0.172. The van der Waals surface area contributed by atoms with Crippen LogP contribution in [0.25, 0.3) is 22.4 Å². The number of aryl methyl sites for hydroxylation is 1. The highest BCUT2D eigenvalue weighted by Crippen LogP contribution is 2.40. The van der Waals surface area contributed by atoms with Gasteiger partial charge < -0.3 is 9.47 Å². The smallest absolute Gasteiger partial charge is 0.430 e. The van der Waals surface area contributed by atoms with E-state index in [1.807, 2.05) is 0 Å². The Morgan fingerprint density at radius 2 is 1.77 bits per heavy atom. The quantitative estimate of drug-likeness (QED) is 0.177. The van der Waals surface area contributed by atoms with Crippen molar-refractivity contribution < 1.29 is 31.5 Å². The van der Waals surface area contributed by atoms with Crippen LogP contribution < -0.4 is 9.04 Å². The van der Waals surface area contributed by atoms with E-state index in [0.29, 0.717) is 16.8 Å². The van der Waals surface area contributed by atoms with E-state index in [1.165, 1.54) is 23.2 Å². The van der Waals surface area contributed by atoms with Crippen molar-refractivity contribution in [2.75, 3.05) is 4.31 Å². The molecule has 0 radical (unpaired) electrons. The third kappa shape index (κ3) is 6.42. The minimum absolute atomic E-state index is 0.104. The lowest BCUT2D eigenvalue weighted by atomic mass is 10.0. The summed E-state index contributed by atoms with van der Waals surface area (Å²) in [6, 6.07) is 9.30. The number of carbonyl (C=O) groups excluding carboxylic acids is 1. The molecule has 5 rings (SSSR count). The van der Waals surface area contributed by atoms with Crippen LogP contribution in [0.5, 0.6) is 11.5 Å². The maximum absolute atomic E-state index is 15.6. The van der Waals surface area contributed by atoms with E-state index >= 15 is 4.39 Å². The van der Waals surface area contributed by atoms with Crippen LogP contribution in [0.1, 0.15) is 20.8 Å². The number of sulfonamides is 1. The zero-order chi connectivity index (χ0) is 31.8. The van der Waals surface area contributed by atoms with Gasteiger partial charge in [0.05, 0.1) is 28.6 Å². The summed E-state index contributed by atoms with van der Waals surface area (Å²) in [6.45, 7) is 4.66. The van der Waals surface area contributed by atoms with Gasteiger partial charge in [-0.25, -0.2) is 27.0 Å². The predicted octanol–water partition coefficient (Wildman–Crippen LogP) is 7.46. The van der Waals surface area contributed by atoms with E-state index in [4.69, 9.17) is 21.1 Å². The molecule has 0 bridgehead atoms. The maximum Gasteiger partial charge on any atom is 0.430 e.